The highest BCUT2D eigenvalue weighted by Crippen LogP contribution is 2.35. The molecule has 184 valence electrons. The summed E-state index contributed by atoms with van der Waals surface area (Å²) < 4.78 is 16.3. The minimum Gasteiger partial charge on any atom is -0.336 e. The molecular weight excluding hydrogens is 457 g/mol. The van der Waals surface area contributed by atoms with Crippen LogP contribution in [0.25, 0.3) is 6.08 Å². The van der Waals surface area contributed by atoms with Gasteiger partial charge in [-0.2, -0.15) is 0 Å². The fourth-order valence-electron chi connectivity index (χ4n) is 5.21. The number of carbonyl (C=O) groups is 2. The van der Waals surface area contributed by atoms with Crippen molar-refractivity contribution in [2.24, 2.45) is 5.92 Å². The molecule has 2 atom stereocenters. The van der Waals surface area contributed by atoms with E-state index in [4.69, 9.17) is 0 Å². The predicted molar refractivity (Wildman–Crippen MR) is 136 cm³/mol. The van der Waals surface area contributed by atoms with Gasteiger partial charge in [-0.3, -0.25) is 14.4 Å². The Balaban J connectivity index is 1.46. The summed E-state index contributed by atoms with van der Waals surface area (Å²) in [6.45, 7) is 5.32. The predicted octanol–water partition coefficient (Wildman–Crippen LogP) is 4.02. The largest absolute Gasteiger partial charge is 0.336 e. The Bertz CT molecular complexity index is 1440. The fraction of sp³-hybridized carbons (Fsp3) is 0.276. The van der Waals surface area contributed by atoms with E-state index in [0.717, 1.165) is 23.2 Å². The number of pyridine rings is 1. The zero-order chi connectivity index (χ0) is 25.4. The average Bonchev–Trinajstić information content (AvgIpc) is 2.86. The number of fused-ring (bicyclic) bond motifs is 4. The molecule has 2 unspecified atom stereocenters. The molecule has 5 rings (SSSR count). The molecule has 1 aromatic heterocycles. The van der Waals surface area contributed by atoms with E-state index in [-0.39, 0.29) is 34.6 Å². The van der Waals surface area contributed by atoms with Crippen molar-refractivity contribution >= 4 is 17.9 Å². The van der Waals surface area contributed by atoms with Crippen molar-refractivity contribution in [1.82, 2.24) is 14.8 Å². The zero-order valence-corrected chi connectivity index (χ0v) is 20.3. The molecule has 6 nitrogen and oxygen atoms in total. The fourth-order valence-corrected chi connectivity index (χ4v) is 5.21. The van der Waals surface area contributed by atoms with Crippen LogP contribution in [0.4, 0.5) is 4.39 Å². The number of aromatic nitrogens is 1. The maximum absolute atomic E-state index is 14.5. The molecule has 0 saturated carbocycles. The minimum absolute atomic E-state index is 0.0220. The first kappa shape index (κ1) is 23.7. The number of benzene rings is 2. The van der Waals surface area contributed by atoms with Crippen LogP contribution in [-0.4, -0.2) is 34.4 Å². The topological polar surface area (TPSA) is 71.4 Å². The van der Waals surface area contributed by atoms with Crippen molar-refractivity contribution in [1.29, 1.82) is 0 Å². The molecule has 0 radical (unpaired) electrons. The summed E-state index contributed by atoms with van der Waals surface area (Å²) >= 11 is 0. The summed E-state index contributed by atoms with van der Waals surface area (Å²) in [5.41, 5.74) is 3.59. The summed E-state index contributed by atoms with van der Waals surface area (Å²) in [5, 5.41) is 2.76. The van der Waals surface area contributed by atoms with Crippen LogP contribution in [-0.2, 0) is 11.3 Å². The molecule has 1 N–H and O–H groups in total. The second kappa shape index (κ2) is 9.57. The van der Waals surface area contributed by atoms with Crippen LogP contribution < -0.4 is 10.9 Å². The summed E-state index contributed by atoms with van der Waals surface area (Å²) in [5.74, 6) is -1.11. The molecule has 0 spiro atoms. The number of rotatable bonds is 4. The van der Waals surface area contributed by atoms with Crippen LogP contribution in [0.2, 0.25) is 0 Å². The van der Waals surface area contributed by atoms with E-state index in [1.807, 2.05) is 26.0 Å². The Morgan fingerprint density at radius 1 is 0.972 bits per heavy atom. The van der Waals surface area contributed by atoms with E-state index >= 15 is 0 Å². The van der Waals surface area contributed by atoms with Gasteiger partial charge in [-0.1, -0.05) is 30.3 Å². The average molecular weight is 486 g/mol. The third kappa shape index (κ3) is 4.61. The van der Waals surface area contributed by atoms with Gasteiger partial charge in [0, 0.05) is 48.4 Å². The van der Waals surface area contributed by atoms with Crippen molar-refractivity contribution < 1.29 is 14.0 Å². The molecule has 1 saturated heterocycles. The van der Waals surface area contributed by atoms with Gasteiger partial charge in [0.1, 0.15) is 11.5 Å². The molecule has 2 amide bonds. The van der Waals surface area contributed by atoms with Gasteiger partial charge >= 0.3 is 0 Å². The third-order valence-electron chi connectivity index (χ3n) is 7.22. The quantitative estimate of drug-likeness (QED) is 0.568. The smallest absolute Gasteiger partial charge is 0.270 e. The monoisotopic (exact) mass is 485 g/mol. The molecule has 0 aliphatic carbocycles. The number of carbonyl (C=O) groups excluding carboxylic acids is 2. The Hall–Kier alpha value is -4.00. The lowest BCUT2D eigenvalue weighted by Gasteiger charge is -2.43. The number of hydrogen-bond donors (Lipinski definition) is 1. The summed E-state index contributed by atoms with van der Waals surface area (Å²) in [7, 11) is 0. The highest BCUT2D eigenvalue weighted by molar-refractivity contribution is 6.05. The first-order chi connectivity index (χ1) is 17.3. The van der Waals surface area contributed by atoms with E-state index in [0.29, 0.717) is 25.2 Å². The lowest BCUT2D eigenvalue weighted by molar-refractivity contribution is -0.130. The van der Waals surface area contributed by atoms with Crippen molar-refractivity contribution in [2.45, 2.75) is 32.7 Å². The molecular formula is C29H28FN3O3. The van der Waals surface area contributed by atoms with E-state index in [9.17, 15) is 18.8 Å². The number of hydrogen-bond acceptors (Lipinski definition) is 3. The number of nitrogens with one attached hydrogen (secondary N) is 1. The van der Waals surface area contributed by atoms with Crippen LogP contribution in [0.3, 0.4) is 0 Å². The van der Waals surface area contributed by atoms with Crippen molar-refractivity contribution in [3.05, 3.63) is 110 Å². The molecule has 2 aliphatic heterocycles. The van der Waals surface area contributed by atoms with Crippen LogP contribution in [0.15, 0.2) is 71.2 Å². The maximum Gasteiger partial charge on any atom is 0.270 e. The van der Waals surface area contributed by atoms with Crippen LogP contribution >= 0.6 is 0 Å². The molecule has 2 bridgehead atoms. The Morgan fingerprint density at radius 2 is 1.78 bits per heavy atom. The lowest BCUT2D eigenvalue weighted by atomic mass is 9.83. The second-order valence-corrected chi connectivity index (χ2v) is 9.74. The molecule has 1 fully saturated rings. The SMILES string of the molecule is Cc1ccc(C(=O)N/C(=C\c2ccccc2F)C(=O)N2CC3CC(C2)c2cccc(=O)n2C3)cc1C. The van der Waals surface area contributed by atoms with Gasteiger partial charge in [0.2, 0.25) is 0 Å². The van der Waals surface area contributed by atoms with Crippen molar-refractivity contribution in [3.63, 3.8) is 0 Å². The number of amides is 2. The highest BCUT2D eigenvalue weighted by Gasteiger charge is 2.37. The second-order valence-electron chi connectivity index (χ2n) is 9.74. The Morgan fingerprint density at radius 3 is 2.56 bits per heavy atom. The number of piperidine rings is 1. The molecule has 36 heavy (non-hydrogen) atoms. The lowest BCUT2D eigenvalue weighted by Crippen LogP contribution is -2.50. The Kier molecular flexibility index (Phi) is 6.31. The number of halogens is 1. The first-order valence-electron chi connectivity index (χ1n) is 12.1. The van der Waals surface area contributed by atoms with Gasteiger partial charge in [-0.25, -0.2) is 4.39 Å². The molecule has 7 heteroatoms. The van der Waals surface area contributed by atoms with Gasteiger partial charge in [-0.05, 0) is 67.7 Å². The maximum atomic E-state index is 14.5. The number of likely N-dealkylation sites (tertiary alicyclic amines) is 1. The standard InChI is InChI=1S/C29H28FN3O3/c1-18-10-11-22(12-19(18)2)28(35)31-25(14-21-6-3-4-7-24(21)30)29(36)32-15-20-13-23(17-32)26-8-5-9-27(34)33(26)16-20/h3-12,14,20,23H,13,15-17H2,1-2H3,(H,31,35)/b25-14-. The van der Waals surface area contributed by atoms with Crippen molar-refractivity contribution in [3.8, 4) is 0 Å². The van der Waals surface area contributed by atoms with E-state index in [2.05, 4.69) is 5.32 Å². The normalized spacial score (nSPS) is 19.0. The molecule has 2 aromatic carbocycles. The number of nitrogens with zero attached hydrogens (tertiary/aromatic N) is 2. The molecule has 3 aromatic rings. The van der Waals surface area contributed by atoms with Crippen LogP contribution in [0.5, 0.6) is 0 Å². The van der Waals surface area contributed by atoms with Crippen LogP contribution in [0.1, 0.15) is 45.1 Å². The van der Waals surface area contributed by atoms with Gasteiger partial charge in [-0.15, -0.1) is 0 Å². The Labute approximate surface area is 209 Å². The molecule has 2 aliphatic rings. The van der Waals surface area contributed by atoms with E-state index < -0.39 is 11.7 Å². The van der Waals surface area contributed by atoms with Crippen LogP contribution in [0, 0.1) is 25.6 Å². The number of aryl methyl sites for hydroxylation is 2. The summed E-state index contributed by atoms with van der Waals surface area (Å²) in [4.78, 5) is 40.9. The van der Waals surface area contributed by atoms with Gasteiger partial charge < -0.3 is 14.8 Å². The zero-order valence-electron chi connectivity index (χ0n) is 20.3. The van der Waals surface area contributed by atoms with Gasteiger partial charge in [0.25, 0.3) is 17.4 Å². The first-order valence-corrected chi connectivity index (χ1v) is 12.1. The van der Waals surface area contributed by atoms with Crippen molar-refractivity contribution in [2.75, 3.05) is 13.1 Å². The van der Waals surface area contributed by atoms with Gasteiger partial charge in [0.15, 0.2) is 0 Å². The van der Waals surface area contributed by atoms with Gasteiger partial charge in [0.05, 0.1) is 0 Å². The summed E-state index contributed by atoms with van der Waals surface area (Å²) in [6.07, 6.45) is 2.30. The van der Waals surface area contributed by atoms with E-state index in [1.54, 1.807) is 51.9 Å². The van der Waals surface area contributed by atoms with E-state index in [1.165, 1.54) is 12.1 Å². The summed E-state index contributed by atoms with van der Waals surface area (Å²) in [6, 6.07) is 16.7. The molecule has 3 heterocycles. The highest BCUT2D eigenvalue weighted by atomic mass is 19.1. The third-order valence-corrected chi connectivity index (χ3v) is 7.22. The minimum atomic E-state index is -0.480.